The van der Waals surface area contributed by atoms with E-state index < -0.39 is 0 Å². The fourth-order valence-corrected chi connectivity index (χ4v) is 8.58. The third-order valence-electron chi connectivity index (χ3n) is 8.40. The van der Waals surface area contributed by atoms with E-state index in [0.29, 0.717) is 0 Å². The van der Waals surface area contributed by atoms with Crippen LogP contribution in [0, 0.1) is 0 Å². The molecule has 0 fully saturated rings. The molecule has 0 saturated carbocycles. The molecule has 206 valence electrons. The van der Waals surface area contributed by atoms with Crippen LogP contribution in [-0.4, -0.2) is 32.7 Å². The maximum atomic E-state index is 4.91. The summed E-state index contributed by atoms with van der Waals surface area (Å²) in [4.78, 5) is 9.82. The number of thioether (sulfide) groups is 2. The van der Waals surface area contributed by atoms with Gasteiger partial charge < -0.3 is 0 Å². The molecule has 6 aromatic rings. The number of hydrogen-bond donors (Lipinski definition) is 0. The smallest absolute Gasteiger partial charge is 0.0984 e. The fourth-order valence-electron chi connectivity index (χ4n) is 6.25. The highest BCUT2D eigenvalue weighted by atomic mass is 32.2. The summed E-state index contributed by atoms with van der Waals surface area (Å²) < 4.78 is 0. The molecule has 0 unspecified atom stereocenters. The van der Waals surface area contributed by atoms with Gasteiger partial charge in [0.15, 0.2) is 0 Å². The summed E-state index contributed by atoms with van der Waals surface area (Å²) in [6.45, 7) is 8.81. The van der Waals surface area contributed by atoms with Crippen LogP contribution in [0.15, 0.2) is 107 Å². The van der Waals surface area contributed by atoms with Crippen LogP contribution in [0.2, 0.25) is 0 Å². The molecule has 0 atom stereocenters. The van der Waals surface area contributed by atoms with Crippen LogP contribution in [0.1, 0.15) is 38.8 Å². The van der Waals surface area contributed by atoms with Crippen LogP contribution in [0.25, 0.3) is 54.6 Å². The zero-order valence-electron chi connectivity index (χ0n) is 24.4. The Morgan fingerprint density at radius 3 is 1.02 bits per heavy atom. The van der Waals surface area contributed by atoms with E-state index in [-0.39, 0.29) is 11.1 Å². The Bertz CT molecular complexity index is 1850. The number of benzene rings is 6. The molecule has 0 saturated heterocycles. The first-order chi connectivity index (χ1) is 20.2. The topological polar surface area (TPSA) is 24.7 Å². The second-order valence-electron chi connectivity index (χ2n) is 12.9. The maximum absolute atomic E-state index is 4.91. The number of rotatable bonds is 4. The second-order valence-corrected chi connectivity index (χ2v) is 14.8. The van der Waals surface area contributed by atoms with Crippen molar-refractivity contribution in [3.63, 3.8) is 0 Å². The van der Waals surface area contributed by atoms with Gasteiger partial charge in [0, 0.05) is 22.6 Å². The first-order valence-corrected chi connectivity index (χ1v) is 16.6. The molecule has 2 aliphatic rings. The van der Waals surface area contributed by atoms with Crippen LogP contribution in [0.5, 0.6) is 0 Å². The number of aliphatic imine (C=N–C) groups is 2. The summed E-state index contributed by atoms with van der Waals surface area (Å²) in [5.41, 5.74) is 7.47. The van der Waals surface area contributed by atoms with Crippen molar-refractivity contribution in [2.45, 2.75) is 38.8 Å². The molecule has 6 aromatic carbocycles. The van der Waals surface area contributed by atoms with Gasteiger partial charge >= 0.3 is 0 Å². The highest BCUT2D eigenvalue weighted by Crippen LogP contribution is 2.40. The predicted octanol–water partition coefficient (Wildman–Crippen LogP) is 10.5. The summed E-state index contributed by atoms with van der Waals surface area (Å²) in [5, 5.41) is 10.2. The van der Waals surface area contributed by atoms with Crippen molar-refractivity contribution in [3.05, 3.63) is 108 Å². The molecule has 4 heteroatoms. The minimum Gasteiger partial charge on any atom is -0.271 e. The van der Waals surface area contributed by atoms with E-state index in [4.69, 9.17) is 9.98 Å². The summed E-state index contributed by atoms with van der Waals surface area (Å²) >= 11 is 3.72. The highest BCUT2D eigenvalue weighted by Gasteiger charge is 2.27. The minimum absolute atomic E-state index is 0.0284. The predicted molar refractivity (Wildman–Crippen MR) is 187 cm³/mol. The standard InChI is InChI=1S/C38H32N2S2/c1-37(2)21-41-35(39-37)25-9-5-23(6-10-25)31-17-27-13-15-29-19-32(20-30-16-14-28(18-31)33(27)34(29)30)24-7-11-26(12-8-24)36-40-38(3,4)22-42-36/h5-20H,21-22H2,1-4H3. The molecule has 2 heterocycles. The number of nitrogens with zero attached hydrogens (tertiary/aromatic N) is 2. The van der Waals surface area contributed by atoms with Crippen LogP contribution in [0.4, 0.5) is 0 Å². The Balaban J connectivity index is 1.15. The van der Waals surface area contributed by atoms with Crippen molar-refractivity contribution in [1.82, 2.24) is 0 Å². The first-order valence-electron chi connectivity index (χ1n) is 14.6. The SMILES string of the molecule is CC1(C)CSC(c2ccc(-c3cc4ccc5cc(-c6ccc(C7=NC(C)(C)CS7)cc6)cc6ccc(c3)c4c56)cc2)=N1. The van der Waals surface area contributed by atoms with Gasteiger partial charge in [-0.15, -0.1) is 23.5 Å². The van der Waals surface area contributed by atoms with E-state index in [9.17, 15) is 0 Å². The van der Waals surface area contributed by atoms with E-state index >= 15 is 0 Å². The van der Waals surface area contributed by atoms with Gasteiger partial charge in [0.2, 0.25) is 0 Å². The van der Waals surface area contributed by atoms with Crippen LogP contribution >= 0.6 is 23.5 Å². The van der Waals surface area contributed by atoms with Gasteiger partial charge in [-0.2, -0.15) is 0 Å². The average Bonchev–Trinajstić information content (AvgIpc) is 3.56. The first kappa shape index (κ1) is 26.1. The average molecular weight is 581 g/mol. The van der Waals surface area contributed by atoms with Gasteiger partial charge in [-0.05, 0) is 107 Å². The van der Waals surface area contributed by atoms with Crippen molar-refractivity contribution in [1.29, 1.82) is 0 Å². The van der Waals surface area contributed by atoms with Gasteiger partial charge in [-0.3, -0.25) is 9.98 Å². The van der Waals surface area contributed by atoms with Crippen molar-refractivity contribution in [3.8, 4) is 22.3 Å². The van der Waals surface area contributed by atoms with E-state index in [1.54, 1.807) is 0 Å². The van der Waals surface area contributed by atoms with Crippen molar-refractivity contribution >= 4 is 65.9 Å². The minimum atomic E-state index is 0.0284. The lowest BCUT2D eigenvalue weighted by atomic mass is 9.89. The molecular formula is C38H32N2S2. The van der Waals surface area contributed by atoms with Crippen LogP contribution in [-0.2, 0) is 0 Å². The van der Waals surface area contributed by atoms with E-state index in [2.05, 4.69) is 125 Å². The van der Waals surface area contributed by atoms with E-state index in [1.165, 1.54) is 65.7 Å². The summed E-state index contributed by atoms with van der Waals surface area (Å²) in [6.07, 6.45) is 0. The zero-order chi connectivity index (χ0) is 28.6. The highest BCUT2D eigenvalue weighted by molar-refractivity contribution is 8.15. The summed E-state index contributed by atoms with van der Waals surface area (Å²) in [6, 6.07) is 36.4. The summed E-state index contributed by atoms with van der Waals surface area (Å²) in [7, 11) is 0. The van der Waals surface area contributed by atoms with Crippen molar-refractivity contribution in [2.24, 2.45) is 9.98 Å². The largest absolute Gasteiger partial charge is 0.271 e. The van der Waals surface area contributed by atoms with Crippen LogP contribution < -0.4 is 0 Å². The Kier molecular flexibility index (Phi) is 5.87. The Morgan fingerprint density at radius 2 is 0.738 bits per heavy atom. The van der Waals surface area contributed by atoms with Crippen molar-refractivity contribution < 1.29 is 0 Å². The van der Waals surface area contributed by atoms with Gasteiger partial charge in [0.25, 0.3) is 0 Å². The fraction of sp³-hybridized carbons (Fsp3) is 0.211. The Labute approximate surface area is 255 Å². The molecule has 42 heavy (non-hydrogen) atoms. The Hall–Kier alpha value is -3.60. The normalized spacial score (nSPS) is 17.8. The molecule has 2 nitrogen and oxygen atoms in total. The third kappa shape index (κ3) is 4.53. The monoisotopic (exact) mass is 580 g/mol. The molecule has 0 N–H and O–H groups in total. The molecule has 0 aliphatic carbocycles. The molecule has 0 bridgehead atoms. The lowest BCUT2D eigenvalue weighted by Crippen LogP contribution is -2.15. The molecule has 0 amide bonds. The quantitative estimate of drug-likeness (QED) is 0.194. The number of hydrogen-bond acceptors (Lipinski definition) is 4. The summed E-state index contributed by atoms with van der Waals surface area (Å²) in [5.74, 6) is 2.09. The molecule has 2 aliphatic heterocycles. The lowest BCUT2D eigenvalue weighted by Gasteiger charge is -2.15. The van der Waals surface area contributed by atoms with Gasteiger partial charge in [-0.1, -0.05) is 72.8 Å². The van der Waals surface area contributed by atoms with E-state index in [1.807, 2.05) is 23.5 Å². The lowest BCUT2D eigenvalue weighted by molar-refractivity contribution is 0.605. The van der Waals surface area contributed by atoms with Crippen molar-refractivity contribution in [2.75, 3.05) is 11.5 Å². The molecule has 0 aromatic heterocycles. The zero-order valence-corrected chi connectivity index (χ0v) is 26.0. The van der Waals surface area contributed by atoms with Crippen LogP contribution in [0.3, 0.4) is 0 Å². The van der Waals surface area contributed by atoms with Gasteiger partial charge in [0.1, 0.15) is 0 Å². The van der Waals surface area contributed by atoms with Gasteiger partial charge in [-0.25, -0.2) is 0 Å². The third-order valence-corrected chi connectivity index (χ3v) is 11.3. The molecule has 0 radical (unpaired) electrons. The maximum Gasteiger partial charge on any atom is 0.0984 e. The van der Waals surface area contributed by atoms with E-state index in [0.717, 1.165) is 21.6 Å². The molecule has 8 rings (SSSR count). The second kappa shape index (κ2) is 9.45. The molecular weight excluding hydrogens is 549 g/mol. The molecule has 0 spiro atoms. The Morgan fingerprint density at radius 1 is 0.429 bits per heavy atom. The van der Waals surface area contributed by atoms with Gasteiger partial charge in [0.05, 0.1) is 21.2 Å².